The van der Waals surface area contributed by atoms with Crippen molar-refractivity contribution in [3.63, 3.8) is 0 Å². The molecule has 0 N–H and O–H groups in total. The molecule has 0 aliphatic carbocycles. The Morgan fingerprint density at radius 1 is 0.153 bits per heavy atom. The molecular formula is C106H200O31. The SMILES string of the molecule is CCC1(COC(C)COCC(C)OCC2(CC)COC2)COC1.CCC1(COCC(C)OC(C)COCC2(CC)COC2)COC1.CCC1(COCC(C)OCC(C)OCC2(CC)COC2)COC1.CCC1(COCCCOCCCOCC2(CC)COC2)COC1.CCC1(COCCOCCOCC2(CC)COC2)COC1.CCC1(COCCOCCOCCOCC2(CC)COC2)COC1. The molecule has 137 heavy (non-hydrogen) atoms. The number of hydrogen-bond acceptors (Lipinski definition) is 31. The quantitative estimate of drug-likeness (QED) is 0.0511. The molecule has 6 atom stereocenters. The van der Waals surface area contributed by atoms with Crippen LogP contribution in [-0.4, -0.2) is 407 Å². The van der Waals surface area contributed by atoms with Crippen molar-refractivity contribution >= 4 is 0 Å². The molecule has 0 aromatic carbocycles. The highest BCUT2D eigenvalue weighted by molar-refractivity contribution is 4.92. The molecule has 12 fully saturated rings. The maximum Gasteiger partial charge on any atom is 0.0785 e. The van der Waals surface area contributed by atoms with Gasteiger partial charge < -0.3 is 147 Å². The van der Waals surface area contributed by atoms with Crippen LogP contribution in [0.25, 0.3) is 0 Å². The molecule has 31 nitrogen and oxygen atoms in total. The Balaban J connectivity index is 0.000000224. The van der Waals surface area contributed by atoms with E-state index >= 15 is 0 Å². The predicted octanol–water partition coefficient (Wildman–Crippen LogP) is 14.5. The van der Waals surface area contributed by atoms with Crippen molar-refractivity contribution in [3.8, 4) is 0 Å². The molecule has 0 aromatic heterocycles. The van der Waals surface area contributed by atoms with E-state index in [9.17, 15) is 0 Å². The van der Waals surface area contributed by atoms with Crippen LogP contribution >= 0.6 is 0 Å². The number of ether oxygens (including phenoxy) is 31. The second-order valence-electron chi connectivity index (χ2n) is 43.0. The van der Waals surface area contributed by atoms with Crippen LogP contribution < -0.4 is 0 Å². The van der Waals surface area contributed by atoms with E-state index in [1.165, 1.54) is 0 Å². The monoisotopic (exact) mass is 1970 g/mol. The van der Waals surface area contributed by atoms with Crippen molar-refractivity contribution in [2.24, 2.45) is 65.0 Å². The molecule has 12 saturated heterocycles. The van der Waals surface area contributed by atoms with Crippen molar-refractivity contribution in [2.75, 3.05) is 370 Å². The van der Waals surface area contributed by atoms with Gasteiger partial charge in [0.1, 0.15) is 0 Å². The number of rotatable bonds is 77. The lowest BCUT2D eigenvalue weighted by Gasteiger charge is -2.41. The van der Waals surface area contributed by atoms with Gasteiger partial charge in [0.15, 0.2) is 0 Å². The zero-order valence-electron chi connectivity index (χ0n) is 89.6. The zero-order chi connectivity index (χ0) is 98.9. The first kappa shape index (κ1) is 123. The lowest BCUT2D eigenvalue weighted by molar-refractivity contribution is -0.171. The first-order chi connectivity index (χ1) is 66.3. The Kier molecular flexibility index (Phi) is 60.0. The van der Waals surface area contributed by atoms with E-state index in [2.05, 4.69) is 125 Å². The fourth-order valence-corrected chi connectivity index (χ4v) is 16.3. The van der Waals surface area contributed by atoms with Gasteiger partial charge in [0.2, 0.25) is 0 Å². The maximum absolute atomic E-state index is 5.94. The van der Waals surface area contributed by atoms with Crippen LogP contribution in [-0.2, 0) is 147 Å². The Hall–Kier alpha value is -1.24. The van der Waals surface area contributed by atoms with Crippen LogP contribution in [0.2, 0.25) is 0 Å². The fraction of sp³-hybridized carbons (Fsp3) is 1.00. The minimum atomic E-state index is 0.0793. The molecule has 12 aliphatic rings. The van der Waals surface area contributed by atoms with E-state index in [4.69, 9.17) is 147 Å². The lowest BCUT2D eigenvalue weighted by Crippen LogP contribution is -2.47. The van der Waals surface area contributed by atoms with Crippen molar-refractivity contribution < 1.29 is 147 Å². The standard InChI is InChI=1S/C18H34O6.4C18H34O5.C16H30O5/c1-3-17(13-23-14-17)11-21-9-7-19-5-6-20-8-10-22-12-18(4-2)15-24-16-18;1-5-17(11-21-12-17)9-19-7-15(3)23-16(4)8-20-10-18(6-2)13-22-14-18;1-5-17(9-20-10-17)13-22-15(3)7-19-8-16(4)23-14-18(6-2)11-21-12-18;1-5-17(10-20-11-17)9-19-7-15(3)22-8-16(4)23-14-18(6-2)12-21-13-18;1-3-17(13-22-14-17)11-20-9-5-7-19-8-6-10-21-12-18(4-2)15-23-16-18;1-3-15(11-20-12-15)9-18-7-5-17-6-8-19-10-16(4-2)13-21-14-16/h3-16H2,1-2H3;3*15-16H,5-14H2,1-4H3;3-16H2,1-2H3;3-14H2,1-2H3. The second-order valence-corrected chi connectivity index (χ2v) is 43.0. The molecule has 31 heteroatoms. The highest BCUT2D eigenvalue weighted by Crippen LogP contribution is 2.40. The Labute approximate surface area is 829 Å². The van der Waals surface area contributed by atoms with Crippen LogP contribution in [0.5, 0.6) is 0 Å². The van der Waals surface area contributed by atoms with E-state index in [0.717, 1.165) is 354 Å². The topological polar surface area (TPSA) is 286 Å². The molecule has 12 heterocycles. The minimum Gasteiger partial charge on any atom is -0.381 e. The summed E-state index contributed by atoms with van der Waals surface area (Å²) in [5.74, 6) is 0. The molecule has 12 rings (SSSR count). The highest BCUT2D eigenvalue weighted by atomic mass is 16.6. The van der Waals surface area contributed by atoms with Gasteiger partial charge in [-0.05, 0) is 131 Å². The van der Waals surface area contributed by atoms with Gasteiger partial charge in [-0.15, -0.1) is 0 Å². The van der Waals surface area contributed by atoms with Crippen molar-refractivity contribution in [2.45, 2.75) is 251 Å². The van der Waals surface area contributed by atoms with Gasteiger partial charge >= 0.3 is 0 Å². The summed E-state index contributed by atoms with van der Waals surface area (Å²) in [5.41, 5.74) is 3.08. The highest BCUT2D eigenvalue weighted by Gasteiger charge is 2.46. The van der Waals surface area contributed by atoms with Crippen molar-refractivity contribution in [3.05, 3.63) is 0 Å². The molecule has 0 radical (unpaired) electrons. The molecule has 0 amide bonds. The van der Waals surface area contributed by atoms with E-state index in [1.54, 1.807) is 0 Å². The van der Waals surface area contributed by atoms with Gasteiger partial charge in [0, 0.05) is 91.4 Å². The third kappa shape index (κ3) is 44.2. The van der Waals surface area contributed by atoms with Gasteiger partial charge in [-0.3, -0.25) is 0 Å². The van der Waals surface area contributed by atoms with Crippen LogP contribution in [0.1, 0.15) is 215 Å². The lowest BCUT2D eigenvalue weighted by atomic mass is 9.84. The second kappa shape index (κ2) is 67.0. The van der Waals surface area contributed by atoms with Crippen LogP contribution in [0.4, 0.5) is 0 Å². The molecule has 0 saturated carbocycles. The fourth-order valence-electron chi connectivity index (χ4n) is 16.3. The Morgan fingerprint density at radius 2 is 0.299 bits per heavy atom. The summed E-state index contributed by atoms with van der Waals surface area (Å²) in [5, 5.41) is 0. The van der Waals surface area contributed by atoms with E-state index in [0.29, 0.717) is 117 Å². The maximum atomic E-state index is 5.94. The molecule has 810 valence electrons. The molecule has 12 aliphatic heterocycles. The molecular weight excluding hydrogens is 1770 g/mol. The summed E-state index contributed by atoms with van der Waals surface area (Å²) in [4.78, 5) is 0. The Bertz CT molecular complexity index is 2710. The van der Waals surface area contributed by atoms with E-state index < -0.39 is 0 Å². The van der Waals surface area contributed by atoms with Gasteiger partial charge in [-0.25, -0.2) is 0 Å². The summed E-state index contributed by atoms with van der Waals surface area (Å²) in [7, 11) is 0. The van der Waals surface area contributed by atoms with Gasteiger partial charge in [-0.1, -0.05) is 83.1 Å². The number of hydrogen-bond donors (Lipinski definition) is 0. The normalized spacial score (nSPS) is 23.2. The van der Waals surface area contributed by atoms with E-state index in [1.807, 2.05) is 0 Å². The van der Waals surface area contributed by atoms with Gasteiger partial charge in [0.25, 0.3) is 0 Å². The molecule has 0 aromatic rings. The summed E-state index contributed by atoms with van der Waals surface area (Å²) < 4.78 is 173. The first-order valence-electron chi connectivity index (χ1n) is 53.4. The van der Waals surface area contributed by atoms with Crippen LogP contribution in [0.15, 0.2) is 0 Å². The third-order valence-electron chi connectivity index (χ3n) is 30.4. The van der Waals surface area contributed by atoms with Crippen molar-refractivity contribution in [1.29, 1.82) is 0 Å². The summed E-state index contributed by atoms with van der Waals surface area (Å²) in [6.45, 7) is 81.0. The molecule has 0 bridgehead atoms. The minimum absolute atomic E-state index is 0.0793. The van der Waals surface area contributed by atoms with Crippen LogP contribution in [0.3, 0.4) is 0 Å². The average molecular weight is 1970 g/mol. The van der Waals surface area contributed by atoms with Crippen molar-refractivity contribution in [1.82, 2.24) is 0 Å². The average Bonchev–Trinajstić information content (AvgIpc) is 0.820. The van der Waals surface area contributed by atoms with Gasteiger partial charge in [-0.2, -0.15) is 0 Å². The first-order valence-corrected chi connectivity index (χ1v) is 53.4. The summed E-state index contributed by atoms with van der Waals surface area (Å²) in [6.07, 6.45) is 15.8. The smallest absolute Gasteiger partial charge is 0.0785 e. The molecule has 6 unspecified atom stereocenters. The predicted molar refractivity (Wildman–Crippen MR) is 525 cm³/mol. The van der Waals surface area contributed by atoms with Gasteiger partial charge in [0.05, 0.1) is 380 Å². The zero-order valence-corrected chi connectivity index (χ0v) is 89.6. The largest absolute Gasteiger partial charge is 0.381 e. The third-order valence-corrected chi connectivity index (χ3v) is 30.4. The van der Waals surface area contributed by atoms with E-state index in [-0.39, 0.29) is 90.8 Å². The van der Waals surface area contributed by atoms with Crippen LogP contribution in [0, 0.1) is 65.0 Å². The molecule has 0 spiro atoms. The Morgan fingerprint density at radius 3 is 0.496 bits per heavy atom. The summed E-state index contributed by atoms with van der Waals surface area (Å²) >= 11 is 0. The summed E-state index contributed by atoms with van der Waals surface area (Å²) in [6, 6.07) is 0.